The fraction of sp³-hybridized carbons (Fsp3) is 0.440. The fourth-order valence-electron chi connectivity index (χ4n) is 4.63. The van der Waals surface area contributed by atoms with Crippen molar-refractivity contribution in [3.05, 3.63) is 54.6 Å². The predicted octanol–water partition coefficient (Wildman–Crippen LogP) is 5.71. The molecule has 0 aliphatic heterocycles. The molecule has 1 aliphatic rings. The van der Waals surface area contributed by atoms with Gasteiger partial charge in [-0.3, -0.25) is 4.79 Å². The van der Waals surface area contributed by atoms with E-state index in [-0.39, 0.29) is 18.6 Å². The van der Waals surface area contributed by atoms with Gasteiger partial charge in [0.1, 0.15) is 18.5 Å². The van der Waals surface area contributed by atoms with Crippen LogP contribution >= 0.6 is 0 Å². The number of fused-ring (bicyclic) bond motifs is 1. The van der Waals surface area contributed by atoms with E-state index in [4.69, 9.17) is 9.72 Å². The Labute approximate surface area is 172 Å². The first-order valence-corrected chi connectivity index (χ1v) is 10.7. The van der Waals surface area contributed by atoms with Crippen LogP contribution < -0.4 is 0 Å². The smallest absolute Gasteiger partial charge is 0.326 e. The summed E-state index contributed by atoms with van der Waals surface area (Å²) in [6.07, 6.45) is 3.34. The summed E-state index contributed by atoms with van der Waals surface area (Å²) in [6, 6.07) is 18.0. The Balaban J connectivity index is 1.61. The minimum atomic E-state index is -0.171. The van der Waals surface area contributed by atoms with Gasteiger partial charge in [0.2, 0.25) is 0 Å². The van der Waals surface area contributed by atoms with Gasteiger partial charge in [-0.15, -0.1) is 0 Å². The zero-order valence-electron chi connectivity index (χ0n) is 17.5. The Bertz CT molecular complexity index is 977. The molecule has 0 saturated heterocycles. The minimum absolute atomic E-state index is 0.0150. The van der Waals surface area contributed by atoms with Crippen LogP contribution in [0.1, 0.15) is 40.0 Å². The van der Waals surface area contributed by atoms with E-state index >= 15 is 0 Å². The summed E-state index contributed by atoms with van der Waals surface area (Å²) in [5, 5.41) is 0. The standard InChI is InChI=1S/C25H30N2O2/c1-17(2)20-14-13-18(3)15-23(20)29-24(28)16-27-22-12-8-7-11-21(22)26-25(27)19-9-5-4-6-10-19/h4-12,17-18,20,23H,13-16H2,1-3H3/t18?,20?,23-/m1/s1. The lowest BCUT2D eigenvalue weighted by Gasteiger charge is -2.36. The van der Waals surface area contributed by atoms with Crippen molar-refractivity contribution >= 4 is 17.0 Å². The van der Waals surface area contributed by atoms with Crippen molar-refractivity contribution < 1.29 is 9.53 Å². The molecule has 2 unspecified atom stereocenters. The van der Waals surface area contributed by atoms with Gasteiger partial charge in [-0.05, 0) is 42.7 Å². The first kappa shape index (κ1) is 19.7. The lowest BCUT2D eigenvalue weighted by atomic mass is 9.75. The van der Waals surface area contributed by atoms with Crippen LogP contribution in [0.3, 0.4) is 0 Å². The van der Waals surface area contributed by atoms with Crippen LogP contribution in [-0.2, 0) is 16.1 Å². The molecule has 1 aromatic heterocycles. The maximum absolute atomic E-state index is 13.0. The summed E-state index contributed by atoms with van der Waals surface area (Å²) in [5.41, 5.74) is 2.86. The summed E-state index contributed by atoms with van der Waals surface area (Å²) in [6.45, 7) is 6.91. The first-order valence-electron chi connectivity index (χ1n) is 10.7. The number of imidazole rings is 1. The van der Waals surface area contributed by atoms with Crippen LogP contribution in [0.5, 0.6) is 0 Å². The average Bonchev–Trinajstić information content (AvgIpc) is 3.07. The van der Waals surface area contributed by atoms with Crippen molar-refractivity contribution in [1.29, 1.82) is 0 Å². The van der Waals surface area contributed by atoms with Crippen LogP contribution in [0.25, 0.3) is 22.4 Å². The van der Waals surface area contributed by atoms with Gasteiger partial charge in [0.15, 0.2) is 0 Å². The van der Waals surface area contributed by atoms with Crippen molar-refractivity contribution in [2.45, 2.75) is 52.7 Å². The average molecular weight is 391 g/mol. The highest BCUT2D eigenvalue weighted by molar-refractivity contribution is 5.83. The quantitative estimate of drug-likeness (QED) is 0.524. The molecule has 0 spiro atoms. The van der Waals surface area contributed by atoms with Crippen molar-refractivity contribution in [3.63, 3.8) is 0 Å². The number of rotatable bonds is 5. The number of para-hydroxylation sites is 2. The molecule has 3 aromatic rings. The van der Waals surface area contributed by atoms with Crippen molar-refractivity contribution in [1.82, 2.24) is 9.55 Å². The Morgan fingerprint density at radius 2 is 1.83 bits per heavy atom. The van der Waals surface area contributed by atoms with Crippen LogP contribution in [0.2, 0.25) is 0 Å². The number of carbonyl (C=O) groups is 1. The molecule has 4 heteroatoms. The van der Waals surface area contributed by atoms with Crippen LogP contribution in [-0.4, -0.2) is 21.6 Å². The van der Waals surface area contributed by atoms with Gasteiger partial charge in [-0.1, -0.05) is 69.7 Å². The highest BCUT2D eigenvalue weighted by Gasteiger charge is 2.33. The monoisotopic (exact) mass is 390 g/mol. The second kappa shape index (κ2) is 8.40. The van der Waals surface area contributed by atoms with Crippen molar-refractivity contribution in [3.8, 4) is 11.4 Å². The van der Waals surface area contributed by atoms with Gasteiger partial charge in [-0.2, -0.15) is 0 Å². The van der Waals surface area contributed by atoms with Crippen LogP contribution in [0, 0.1) is 17.8 Å². The number of aromatic nitrogens is 2. The van der Waals surface area contributed by atoms with Gasteiger partial charge >= 0.3 is 5.97 Å². The van der Waals surface area contributed by atoms with Crippen molar-refractivity contribution in [2.24, 2.45) is 17.8 Å². The van der Waals surface area contributed by atoms with Gasteiger partial charge in [0, 0.05) is 5.56 Å². The third-order valence-electron chi connectivity index (χ3n) is 6.22. The molecule has 0 N–H and O–H groups in total. The molecule has 29 heavy (non-hydrogen) atoms. The lowest BCUT2D eigenvalue weighted by molar-refractivity contribution is -0.156. The minimum Gasteiger partial charge on any atom is -0.461 e. The number of esters is 1. The third-order valence-corrected chi connectivity index (χ3v) is 6.22. The van der Waals surface area contributed by atoms with Crippen LogP contribution in [0.15, 0.2) is 54.6 Å². The number of hydrogen-bond donors (Lipinski definition) is 0. The fourth-order valence-corrected chi connectivity index (χ4v) is 4.63. The molecule has 0 amide bonds. The van der Waals surface area contributed by atoms with E-state index in [0.29, 0.717) is 17.8 Å². The molecule has 0 radical (unpaired) electrons. The topological polar surface area (TPSA) is 44.1 Å². The predicted molar refractivity (Wildman–Crippen MR) is 116 cm³/mol. The highest BCUT2D eigenvalue weighted by atomic mass is 16.5. The van der Waals surface area contributed by atoms with Gasteiger partial charge in [0.25, 0.3) is 0 Å². The number of carbonyl (C=O) groups excluding carboxylic acids is 1. The Kier molecular flexibility index (Phi) is 5.70. The lowest BCUT2D eigenvalue weighted by Crippen LogP contribution is -2.36. The van der Waals surface area contributed by atoms with Gasteiger partial charge in [-0.25, -0.2) is 4.98 Å². The molecule has 1 fully saturated rings. The molecule has 1 aliphatic carbocycles. The van der Waals surface area contributed by atoms with Crippen LogP contribution in [0.4, 0.5) is 0 Å². The second-order valence-corrected chi connectivity index (χ2v) is 8.73. The largest absolute Gasteiger partial charge is 0.461 e. The van der Waals surface area contributed by atoms with Gasteiger partial charge < -0.3 is 9.30 Å². The Morgan fingerprint density at radius 3 is 2.59 bits per heavy atom. The molecular formula is C25H30N2O2. The highest BCUT2D eigenvalue weighted by Crippen LogP contribution is 2.35. The Morgan fingerprint density at radius 1 is 1.10 bits per heavy atom. The van der Waals surface area contributed by atoms with E-state index in [1.165, 1.54) is 6.42 Å². The van der Waals surface area contributed by atoms with Gasteiger partial charge in [0.05, 0.1) is 11.0 Å². The zero-order valence-corrected chi connectivity index (χ0v) is 17.5. The third kappa shape index (κ3) is 4.21. The maximum atomic E-state index is 13.0. The molecule has 4 nitrogen and oxygen atoms in total. The Hall–Kier alpha value is -2.62. The molecule has 3 atom stereocenters. The first-order chi connectivity index (χ1) is 14.0. The van der Waals surface area contributed by atoms with Crippen molar-refractivity contribution in [2.75, 3.05) is 0 Å². The summed E-state index contributed by atoms with van der Waals surface area (Å²) in [5.74, 6) is 2.21. The van der Waals surface area contributed by atoms with E-state index in [1.54, 1.807) is 0 Å². The normalized spacial score (nSPS) is 22.1. The molecule has 4 rings (SSSR count). The summed E-state index contributed by atoms with van der Waals surface area (Å²) >= 11 is 0. The van der Waals surface area contributed by atoms with E-state index < -0.39 is 0 Å². The molecule has 0 bridgehead atoms. The summed E-state index contributed by atoms with van der Waals surface area (Å²) < 4.78 is 8.05. The van der Waals surface area contributed by atoms with E-state index in [1.807, 2.05) is 59.2 Å². The molecule has 1 heterocycles. The number of nitrogens with zero attached hydrogens (tertiary/aromatic N) is 2. The number of ether oxygens (including phenoxy) is 1. The van der Waals surface area contributed by atoms with E-state index in [0.717, 1.165) is 35.3 Å². The summed E-state index contributed by atoms with van der Waals surface area (Å²) in [7, 11) is 0. The molecule has 1 saturated carbocycles. The zero-order chi connectivity index (χ0) is 20.4. The maximum Gasteiger partial charge on any atom is 0.326 e. The van der Waals surface area contributed by atoms with E-state index in [2.05, 4.69) is 20.8 Å². The summed E-state index contributed by atoms with van der Waals surface area (Å²) in [4.78, 5) is 17.8. The molecule has 2 aromatic carbocycles. The molecular weight excluding hydrogens is 360 g/mol. The van der Waals surface area contributed by atoms with E-state index in [9.17, 15) is 4.79 Å². The molecule has 152 valence electrons. The SMILES string of the molecule is CC1CCC(C(C)C)[C@H](OC(=O)Cn2c(-c3ccccc3)nc3ccccc32)C1. The number of hydrogen-bond acceptors (Lipinski definition) is 3. The number of benzene rings is 2. The second-order valence-electron chi connectivity index (χ2n) is 8.73.